The van der Waals surface area contributed by atoms with Crippen LogP contribution >= 0.6 is 0 Å². The average molecular weight is 296 g/mol. The van der Waals surface area contributed by atoms with Gasteiger partial charge in [0.05, 0.1) is 30.5 Å². The van der Waals surface area contributed by atoms with Crippen molar-refractivity contribution < 1.29 is 19.3 Å². The highest BCUT2D eigenvalue weighted by atomic mass is 16.6. The first-order valence-electron chi connectivity index (χ1n) is 8.09. The first-order chi connectivity index (χ1) is 9.93. The summed E-state index contributed by atoms with van der Waals surface area (Å²) in [6.45, 7) is 7.20. The number of epoxide rings is 1. The fourth-order valence-corrected chi connectivity index (χ4v) is 4.35. The normalized spacial score (nSPS) is 48.8. The number of aliphatic hydroxyl groups is 1. The molecule has 1 unspecified atom stereocenters. The summed E-state index contributed by atoms with van der Waals surface area (Å²) in [7, 11) is 1.69. The van der Waals surface area contributed by atoms with Gasteiger partial charge < -0.3 is 19.3 Å². The summed E-state index contributed by atoms with van der Waals surface area (Å²) in [5.74, 6) is 0.114. The van der Waals surface area contributed by atoms with Gasteiger partial charge in [-0.2, -0.15) is 0 Å². The van der Waals surface area contributed by atoms with Crippen LogP contribution < -0.4 is 0 Å². The Balaban J connectivity index is 1.81. The highest BCUT2D eigenvalue weighted by Crippen LogP contribution is 2.58. The van der Waals surface area contributed by atoms with Gasteiger partial charge in [0.15, 0.2) is 0 Å². The van der Waals surface area contributed by atoms with E-state index in [4.69, 9.17) is 14.2 Å². The first kappa shape index (κ1) is 15.5. The third-order valence-electron chi connectivity index (χ3n) is 5.66. The Morgan fingerprint density at radius 2 is 2.10 bits per heavy atom. The zero-order chi connectivity index (χ0) is 15.3. The van der Waals surface area contributed by atoms with Crippen molar-refractivity contribution in [1.29, 1.82) is 0 Å². The van der Waals surface area contributed by atoms with E-state index >= 15 is 0 Å². The molecule has 0 aromatic rings. The molecule has 4 heteroatoms. The second kappa shape index (κ2) is 5.34. The van der Waals surface area contributed by atoms with E-state index in [9.17, 15) is 5.11 Å². The summed E-state index contributed by atoms with van der Waals surface area (Å²) in [4.78, 5) is 0. The lowest BCUT2D eigenvalue weighted by Crippen LogP contribution is -2.64. The van der Waals surface area contributed by atoms with Gasteiger partial charge in [-0.25, -0.2) is 0 Å². The molecule has 1 spiro atoms. The Labute approximate surface area is 127 Å². The Morgan fingerprint density at radius 3 is 2.62 bits per heavy atom. The topological polar surface area (TPSA) is 51.2 Å². The summed E-state index contributed by atoms with van der Waals surface area (Å²) in [5, 5.41) is 10.3. The zero-order valence-corrected chi connectivity index (χ0v) is 13.6. The van der Waals surface area contributed by atoms with Gasteiger partial charge in [0.2, 0.25) is 0 Å². The minimum Gasteiger partial charge on any atom is -0.390 e. The molecule has 0 bridgehead atoms. The maximum absolute atomic E-state index is 10.3. The Hall–Kier alpha value is -0.420. The van der Waals surface area contributed by atoms with Gasteiger partial charge in [-0.1, -0.05) is 11.6 Å². The third-order valence-corrected chi connectivity index (χ3v) is 5.66. The number of ether oxygens (including phenoxy) is 3. The van der Waals surface area contributed by atoms with Crippen molar-refractivity contribution >= 4 is 0 Å². The van der Waals surface area contributed by atoms with Gasteiger partial charge in [0, 0.05) is 19.4 Å². The number of aliphatic hydroxyl groups excluding tert-OH is 1. The lowest BCUT2D eigenvalue weighted by molar-refractivity contribution is -0.255. The number of hydrogen-bond donors (Lipinski definition) is 1. The van der Waals surface area contributed by atoms with Crippen molar-refractivity contribution in [2.45, 2.75) is 76.0 Å². The SMILES string of the molecule is CO[C@@H]1[C@H](O)CCC2(CCO2)[C@H]1[C@@]1(C)O[C@@H]1CC=C(C)C. The number of methoxy groups -OCH3 is 1. The minimum absolute atomic E-state index is 0.114. The molecule has 3 fully saturated rings. The van der Waals surface area contributed by atoms with Crippen molar-refractivity contribution in [2.24, 2.45) is 5.92 Å². The van der Waals surface area contributed by atoms with Gasteiger partial charge in [-0.05, 0) is 40.0 Å². The minimum atomic E-state index is -0.417. The van der Waals surface area contributed by atoms with Crippen LogP contribution in [-0.4, -0.2) is 48.3 Å². The highest BCUT2D eigenvalue weighted by Gasteiger charge is 2.69. The fourth-order valence-electron chi connectivity index (χ4n) is 4.35. The molecule has 21 heavy (non-hydrogen) atoms. The molecule has 6 atom stereocenters. The molecule has 1 saturated carbocycles. The molecule has 2 aliphatic heterocycles. The Kier molecular flexibility index (Phi) is 3.93. The summed E-state index contributed by atoms with van der Waals surface area (Å²) in [6, 6.07) is 0. The largest absolute Gasteiger partial charge is 0.390 e. The highest BCUT2D eigenvalue weighted by molar-refractivity contribution is 5.18. The standard InChI is InChI=1S/C17H28O4/c1-11(2)5-6-13-16(3,21-13)15-14(19-4)12(18)7-8-17(15)9-10-20-17/h5,12-15,18H,6-10H2,1-4H3/t12-,13-,14-,15-,16+,17?/m1/s1. The molecular weight excluding hydrogens is 268 g/mol. The predicted octanol–water partition coefficient (Wildman–Crippen LogP) is 2.45. The van der Waals surface area contributed by atoms with Crippen molar-refractivity contribution in [2.75, 3.05) is 13.7 Å². The molecule has 0 aromatic heterocycles. The van der Waals surface area contributed by atoms with Crippen molar-refractivity contribution in [3.8, 4) is 0 Å². The Bertz CT molecular complexity index is 425. The molecule has 120 valence electrons. The predicted molar refractivity (Wildman–Crippen MR) is 80.2 cm³/mol. The van der Waals surface area contributed by atoms with Gasteiger partial charge in [-0.3, -0.25) is 0 Å². The lowest BCUT2D eigenvalue weighted by Gasteiger charge is -2.55. The van der Waals surface area contributed by atoms with Crippen LogP contribution in [0.1, 0.15) is 46.5 Å². The van der Waals surface area contributed by atoms with Gasteiger partial charge in [0.1, 0.15) is 5.60 Å². The molecule has 2 saturated heterocycles. The van der Waals surface area contributed by atoms with Gasteiger partial charge in [-0.15, -0.1) is 0 Å². The first-order valence-corrected chi connectivity index (χ1v) is 8.09. The van der Waals surface area contributed by atoms with E-state index in [2.05, 4.69) is 26.8 Å². The van der Waals surface area contributed by atoms with Crippen LogP contribution in [0.5, 0.6) is 0 Å². The van der Waals surface area contributed by atoms with Crippen LogP contribution in [0.25, 0.3) is 0 Å². The lowest BCUT2D eigenvalue weighted by atomic mass is 9.62. The molecule has 3 aliphatic rings. The number of rotatable bonds is 4. The van der Waals surface area contributed by atoms with Crippen LogP contribution in [0.15, 0.2) is 11.6 Å². The zero-order valence-electron chi connectivity index (χ0n) is 13.6. The number of allylic oxidation sites excluding steroid dienone is 1. The van der Waals surface area contributed by atoms with Gasteiger partial charge in [0.25, 0.3) is 0 Å². The second-order valence-corrected chi connectivity index (χ2v) is 7.25. The van der Waals surface area contributed by atoms with E-state index in [1.165, 1.54) is 5.57 Å². The second-order valence-electron chi connectivity index (χ2n) is 7.25. The molecule has 0 radical (unpaired) electrons. The van der Waals surface area contributed by atoms with Gasteiger partial charge >= 0.3 is 0 Å². The maximum Gasteiger partial charge on any atom is 0.100 e. The van der Waals surface area contributed by atoms with E-state index in [-0.39, 0.29) is 29.3 Å². The summed E-state index contributed by atoms with van der Waals surface area (Å²) < 4.78 is 17.8. The molecule has 4 nitrogen and oxygen atoms in total. The summed E-state index contributed by atoms with van der Waals surface area (Å²) in [5.41, 5.74) is 0.928. The van der Waals surface area contributed by atoms with E-state index < -0.39 is 6.10 Å². The van der Waals surface area contributed by atoms with Crippen molar-refractivity contribution in [3.05, 3.63) is 11.6 Å². The number of hydrogen-bond acceptors (Lipinski definition) is 4. The fraction of sp³-hybridized carbons (Fsp3) is 0.882. The summed E-state index contributed by atoms with van der Waals surface area (Å²) in [6.07, 6.45) is 5.47. The third kappa shape index (κ3) is 2.46. The van der Waals surface area contributed by atoms with Crippen LogP contribution in [0.3, 0.4) is 0 Å². The van der Waals surface area contributed by atoms with Crippen LogP contribution in [0.4, 0.5) is 0 Å². The smallest absolute Gasteiger partial charge is 0.100 e. The molecule has 2 heterocycles. The molecular formula is C17H28O4. The average Bonchev–Trinajstić information content (AvgIpc) is 3.06. The van der Waals surface area contributed by atoms with E-state index in [1.54, 1.807) is 7.11 Å². The van der Waals surface area contributed by atoms with Crippen molar-refractivity contribution in [3.63, 3.8) is 0 Å². The molecule has 1 N–H and O–H groups in total. The van der Waals surface area contributed by atoms with E-state index in [1.807, 2.05) is 0 Å². The van der Waals surface area contributed by atoms with Crippen LogP contribution in [0.2, 0.25) is 0 Å². The monoisotopic (exact) mass is 296 g/mol. The molecule has 0 aromatic carbocycles. The molecule has 1 aliphatic carbocycles. The van der Waals surface area contributed by atoms with Crippen LogP contribution in [0, 0.1) is 5.92 Å². The quantitative estimate of drug-likeness (QED) is 0.639. The Morgan fingerprint density at radius 1 is 1.38 bits per heavy atom. The molecule has 0 amide bonds. The van der Waals surface area contributed by atoms with Crippen molar-refractivity contribution in [1.82, 2.24) is 0 Å². The van der Waals surface area contributed by atoms with Crippen LogP contribution in [-0.2, 0) is 14.2 Å². The summed E-state index contributed by atoms with van der Waals surface area (Å²) >= 11 is 0. The molecule has 3 rings (SSSR count). The van der Waals surface area contributed by atoms with E-state index in [0.29, 0.717) is 0 Å². The van der Waals surface area contributed by atoms with E-state index in [0.717, 1.165) is 32.3 Å². The maximum atomic E-state index is 10.3.